The Morgan fingerprint density at radius 2 is 2.43 bits per heavy atom. The van der Waals surface area contributed by atoms with Crippen LogP contribution in [0.3, 0.4) is 0 Å². The number of hydrogen-bond donors (Lipinski definition) is 1. The van der Waals surface area contributed by atoms with Crippen molar-refractivity contribution in [1.29, 1.82) is 0 Å². The van der Waals surface area contributed by atoms with E-state index in [0.717, 1.165) is 15.9 Å². The average Bonchev–Trinajstić information content (AvgIpc) is 2.59. The summed E-state index contributed by atoms with van der Waals surface area (Å²) in [5.74, 6) is 1.68. The minimum atomic E-state index is 0.120. The topological polar surface area (TPSA) is 61.0 Å². The molecule has 14 heavy (non-hydrogen) atoms. The van der Waals surface area contributed by atoms with E-state index < -0.39 is 0 Å². The van der Waals surface area contributed by atoms with Gasteiger partial charge in [0.15, 0.2) is 4.34 Å². The molecule has 0 amide bonds. The summed E-state index contributed by atoms with van der Waals surface area (Å²) in [5.41, 5.74) is 5.56. The lowest BCUT2D eigenvalue weighted by atomic mass is 10.4. The largest absolute Gasteiger partial charge is 0.376 e. The van der Waals surface area contributed by atoms with Crippen molar-refractivity contribution in [3.05, 3.63) is 5.82 Å². The molecule has 0 spiro atoms. The van der Waals surface area contributed by atoms with Crippen LogP contribution in [0.4, 0.5) is 0 Å². The first-order valence-corrected chi connectivity index (χ1v) is 6.27. The summed E-state index contributed by atoms with van der Waals surface area (Å²) in [7, 11) is 0. The second-order valence-electron chi connectivity index (χ2n) is 2.73. The van der Waals surface area contributed by atoms with Crippen LogP contribution in [0.1, 0.15) is 12.7 Å². The fourth-order valence-corrected chi connectivity index (χ4v) is 2.63. The van der Waals surface area contributed by atoms with Gasteiger partial charge in [-0.3, -0.25) is 0 Å². The molecule has 1 rings (SSSR count). The lowest BCUT2D eigenvalue weighted by Gasteiger charge is -2.12. The van der Waals surface area contributed by atoms with E-state index in [9.17, 15) is 0 Å². The summed E-state index contributed by atoms with van der Waals surface area (Å²) in [6, 6.07) is 0. The predicted molar refractivity (Wildman–Crippen MR) is 59.8 cm³/mol. The van der Waals surface area contributed by atoms with Crippen molar-refractivity contribution in [2.24, 2.45) is 5.73 Å². The van der Waals surface area contributed by atoms with Crippen molar-refractivity contribution in [1.82, 2.24) is 9.36 Å². The normalized spacial score (nSPS) is 13.1. The molecule has 0 aromatic carbocycles. The fraction of sp³-hybridized carbons (Fsp3) is 0.750. The van der Waals surface area contributed by atoms with Gasteiger partial charge < -0.3 is 10.5 Å². The molecule has 0 fully saturated rings. The van der Waals surface area contributed by atoms with E-state index in [1.807, 2.05) is 13.8 Å². The van der Waals surface area contributed by atoms with Crippen LogP contribution in [0.2, 0.25) is 0 Å². The zero-order valence-corrected chi connectivity index (χ0v) is 10.0. The number of rotatable bonds is 6. The SMILES string of the molecule is CCOC(CN)CSc1nc(C)ns1. The van der Waals surface area contributed by atoms with Gasteiger partial charge >= 0.3 is 0 Å². The van der Waals surface area contributed by atoms with Gasteiger partial charge in [-0.15, -0.1) is 0 Å². The number of aryl methyl sites for hydroxylation is 1. The summed E-state index contributed by atoms with van der Waals surface area (Å²) in [6.45, 7) is 5.13. The number of ether oxygens (including phenoxy) is 1. The van der Waals surface area contributed by atoms with E-state index in [0.29, 0.717) is 13.2 Å². The van der Waals surface area contributed by atoms with Gasteiger partial charge in [-0.05, 0) is 25.4 Å². The monoisotopic (exact) mass is 233 g/mol. The maximum atomic E-state index is 5.56. The van der Waals surface area contributed by atoms with Crippen LogP contribution in [0, 0.1) is 6.92 Å². The van der Waals surface area contributed by atoms with E-state index in [-0.39, 0.29) is 6.10 Å². The van der Waals surface area contributed by atoms with Gasteiger partial charge in [-0.2, -0.15) is 4.37 Å². The lowest BCUT2D eigenvalue weighted by molar-refractivity contribution is 0.0858. The van der Waals surface area contributed by atoms with Gasteiger partial charge in [0.2, 0.25) is 0 Å². The zero-order valence-electron chi connectivity index (χ0n) is 8.40. The Labute approximate surface area is 92.4 Å². The molecule has 0 saturated heterocycles. The summed E-state index contributed by atoms with van der Waals surface area (Å²) in [4.78, 5) is 4.25. The van der Waals surface area contributed by atoms with Crippen molar-refractivity contribution in [2.45, 2.75) is 24.3 Å². The maximum Gasteiger partial charge on any atom is 0.170 e. The van der Waals surface area contributed by atoms with Crippen molar-refractivity contribution < 1.29 is 4.74 Å². The molecule has 1 aromatic heterocycles. The highest BCUT2D eigenvalue weighted by atomic mass is 32.2. The Morgan fingerprint density at radius 3 is 2.93 bits per heavy atom. The molecule has 0 saturated carbocycles. The third-order valence-corrected chi connectivity index (χ3v) is 3.62. The van der Waals surface area contributed by atoms with Crippen LogP contribution in [0.25, 0.3) is 0 Å². The second-order valence-corrected chi connectivity index (χ2v) is 4.75. The molecule has 4 nitrogen and oxygen atoms in total. The molecule has 2 N–H and O–H groups in total. The first kappa shape index (κ1) is 11.9. The van der Waals surface area contributed by atoms with Gasteiger partial charge in [0.25, 0.3) is 0 Å². The number of thioether (sulfide) groups is 1. The molecule has 1 heterocycles. The first-order valence-electron chi connectivity index (χ1n) is 4.51. The van der Waals surface area contributed by atoms with E-state index in [1.54, 1.807) is 11.8 Å². The number of nitrogens with two attached hydrogens (primary N) is 1. The molecule has 1 aromatic rings. The molecular weight excluding hydrogens is 218 g/mol. The highest BCUT2D eigenvalue weighted by Gasteiger charge is 2.08. The van der Waals surface area contributed by atoms with Gasteiger partial charge in [-0.1, -0.05) is 11.8 Å². The summed E-state index contributed by atoms with van der Waals surface area (Å²) in [5, 5.41) is 0. The highest BCUT2D eigenvalue weighted by Crippen LogP contribution is 2.20. The molecule has 0 bridgehead atoms. The van der Waals surface area contributed by atoms with Crippen LogP contribution in [-0.2, 0) is 4.74 Å². The molecular formula is C8H15N3OS2. The Balaban J connectivity index is 2.31. The van der Waals surface area contributed by atoms with Crippen LogP contribution in [0.15, 0.2) is 4.34 Å². The number of hydrogen-bond acceptors (Lipinski definition) is 6. The molecule has 1 atom stereocenters. The minimum Gasteiger partial charge on any atom is -0.376 e. The highest BCUT2D eigenvalue weighted by molar-refractivity contribution is 8.00. The zero-order chi connectivity index (χ0) is 10.4. The molecule has 80 valence electrons. The standard InChI is InChI=1S/C8H15N3OS2/c1-3-12-7(4-9)5-13-8-10-6(2)11-14-8/h7H,3-5,9H2,1-2H3. The van der Waals surface area contributed by atoms with Crippen molar-refractivity contribution >= 4 is 23.3 Å². The van der Waals surface area contributed by atoms with Gasteiger partial charge in [0.05, 0.1) is 6.10 Å². The Hall–Kier alpha value is -0.170. The Kier molecular flexibility index (Phi) is 5.39. The third kappa shape index (κ3) is 3.91. The van der Waals surface area contributed by atoms with E-state index in [4.69, 9.17) is 10.5 Å². The summed E-state index contributed by atoms with van der Waals surface area (Å²) >= 11 is 3.08. The van der Waals surface area contributed by atoms with Crippen LogP contribution < -0.4 is 5.73 Å². The first-order chi connectivity index (χ1) is 6.76. The van der Waals surface area contributed by atoms with Gasteiger partial charge in [0, 0.05) is 18.9 Å². The van der Waals surface area contributed by atoms with E-state index in [1.165, 1.54) is 11.5 Å². The average molecular weight is 233 g/mol. The minimum absolute atomic E-state index is 0.120. The smallest absolute Gasteiger partial charge is 0.170 e. The maximum absolute atomic E-state index is 5.56. The Bertz CT molecular complexity index is 267. The van der Waals surface area contributed by atoms with E-state index >= 15 is 0 Å². The quantitative estimate of drug-likeness (QED) is 0.750. The third-order valence-electron chi connectivity index (χ3n) is 1.57. The van der Waals surface area contributed by atoms with Crippen molar-refractivity contribution in [2.75, 3.05) is 18.9 Å². The summed E-state index contributed by atoms with van der Waals surface area (Å²) < 4.78 is 10.5. The number of nitrogens with zero attached hydrogens (tertiary/aromatic N) is 2. The van der Waals surface area contributed by atoms with Crippen LogP contribution >= 0.6 is 23.3 Å². The molecule has 0 radical (unpaired) electrons. The second kappa shape index (κ2) is 6.34. The Morgan fingerprint density at radius 1 is 1.64 bits per heavy atom. The van der Waals surface area contributed by atoms with E-state index in [2.05, 4.69) is 9.36 Å². The fourth-order valence-electron chi connectivity index (χ4n) is 0.921. The van der Waals surface area contributed by atoms with Gasteiger partial charge in [-0.25, -0.2) is 4.98 Å². The lowest BCUT2D eigenvalue weighted by Crippen LogP contribution is -2.26. The molecule has 0 aliphatic carbocycles. The molecule has 0 aliphatic heterocycles. The summed E-state index contributed by atoms with van der Waals surface area (Å²) in [6.07, 6.45) is 0.120. The molecule has 1 unspecified atom stereocenters. The molecule has 6 heteroatoms. The van der Waals surface area contributed by atoms with Crippen molar-refractivity contribution in [3.8, 4) is 0 Å². The van der Waals surface area contributed by atoms with Crippen LogP contribution in [0.5, 0.6) is 0 Å². The molecule has 0 aliphatic rings. The van der Waals surface area contributed by atoms with Crippen molar-refractivity contribution in [3.63, 3.8) is 0 Å². The van der Waals surface area contributed by atoms with Crippen LogP contribution in [-0.4, -0.2) is 34.4 Å². The van der Waals surface area contributed by atoms with Gasteiger partial charge in [0.1, 0.15) is 5.82 Å². The predicted octanol–water partition coefficient (Wildman–Crippen LogP) is 1.30. The number of aromatic nitrogens is 2.